The molecule has 0 aliphatic heterocycles. The Morgan fingerprint density at radius 1 is 0.889 bits per heavy atom. The molecular formula is C9H11F7OS. The average Bonchev–Trinajstić information content (AvgIpc) is 2.11. The molecule has 1 saturated carbocycles. The van der Waals surface area contributed by atoms with Gasteiger partial charge in [-0.05, 0) is 19.3 Å². The Bertz CT molecular complexity index is 276. The third-order valence-electron chi connectivity index (χ3n) is 3.08. The fourth-order valence-corrected chi connectivity index (χ4v) is 2.67. The second-order valence-corrected chi connectivity index (χ2v) is 5.15. The lowest BCUT2D eigenvalue weighted by Gasteiger charge is -2.42. The molecule has 0 amide bonds. The van der Waals surface area contributed by atoms with Crippen LogP contribution in [0.4, 0.5) is 30.7 Å². The number of hydrogen-bond acceptors (Lipinski definition) is 2. The van der Waals surface area contributed by atoms with Crippen molar-refractivity contribution in [1.29, 1.82) is 0 Å². The number of halogens is 7. The molecule has 18 heavy (non-hydrogen) atoms. The molecule has 1 aliphatic carbocycles. The van der Waals surface area contributed by atoms with Gasteiger partial charge in [-0.1, -0.05) is 0 Å². The summed E-state index contributed by atoms with van der Waals surface area (Å²) in [6.45, 7) is 0. The van der Waals surface area contributed by atoms with Crippen molar-refractivity contribution in [2.24, 2.45) is 5.92 Å². The van der Waals surface area contributed by atoms with Crippen LogP contribution in [0, 0.1) is 5.92 Å². The van der Waals surface area contributed by atoms with Crippen LogP contribution in [-0.2, 0) is 0 Å². The summed E-state index contributed by atoms with van der Waals surface area (Å²) in [4.78, 5) is 0. The van der Waals surface area contributed by atoms with Crippen LogP contribution in [0.15, 0.2) is 0 Å². The molecule has 0 spiro atoms. The molecule has 3 unspecified atom stereocenters. The Morgan fingerprint density at radius 2 is 1.33 bits per heavy atom. The van der Waals surface area contributed by atoms with Gasteiger partial charge < -0.3 is 5.11 Å². The number of rotatable bonds is 1. The number of aliphatic hydroxyl groups is 1. The highest BCUT2D eigenvalue weighted by molar-refractivity contribution is 7.80. The summed E-state index contributed by atoms with van der Waals surface area (Å²) in [6, 6.07) is 0. The van der Waals surface area contributed by atoms with Crippen molar-refractivity contribution < 1.29 is 35.8 Å². The van der Waals surface area contributed by atoms with Gasteiger partial charge in [0.15, 0.2) is 0 Å². The average molecular weight is 300 g/mol. The molecular weight excluding hydrogens is 289 g/mol. The Labute approximate surface area is 104 Å². The first-order chi connectivity index (χ1) is 7.89. The van der Waals surface area contributed by atoms with E-state index in [9.17, 15) is 30.7 Å². The van der Waals surface area contributed by atoms with Gasteiger partial charge >= 0.3 is 12.4 Å². The zero-order valence-corrected chi connectivity index (χ0v) is 9.79. The van der Waals surface area contributed by atoms with Crippen LogP contribution >= 0.6 is 12.6 Å². The van der Waals surface area contributed by atoms with E-state index in [1.807, 2.05) is 0 Å². The van der Waals surface area contributed by atoms with Crippen molar-refractivity contribution in [2.75, 3.05) is 0 Å². The van der Waals surface area contributed by atoms with E-state index >= 15 is 0 Å². The Morgan fingerprint density at radius 3 is 1.67 bits per heavy atom. The van der Waals surface area contributed by atoms with E-state index in [2.05, 4.69) is 12.6 Å². The van der Waals surface area contributed by atoms with Crippen molar-refractivity contribution in [1.82, 2.24) is 0 Å². The normalized spacial score (nSPS) is 31.5. The quantitative estimate of drug-likeness (QED) is 0.562. The van der Waals surface area contributed by atoms with Gasteiger partial charge in [0.2, 0.25) is 0 Å². The second kappa shape index (κ2) is 4.73. The van der Waals surface area contributed by atoms with Crippen molar-refractivity contribution in [2.45, 2.75) is 48.6 Å². The maximum absolute atomic E-state index is 13.1. The Kier molecular flexibility index (Phi) is 4.18. The first kappa shape index (κ1) is 15.9. The Balaban J connectivity index is 3.12. The molecule has 3 atom stereocenters. The van der Waals surface area contributed by atoms with Gasteiger partial charge in [0.1, 0.15) is 6.17 Å². The summed E-state index contributed by atoms with van der Waals surface area (Å²) in [6.07, 6.45) is -15.5. The highest BCUT2D eigenvalue weighted by Gasteiger charge is 2.73. The maximum Gasteiger partial charge on any atom is 0.426 e. The molecule has 1 fully saturated rings. The molecule has 1 aliphatic rings. The summed E-state index contributed by atoms with van der Waals surface area (Å²) in [7, 11) is 0. The molecule has 0 bridgehead atoms. The SMILES string of the molecule is OC(C1CC(F)CC(S)C1)(C(F)(F)F)C(F)(F)F. The fraction of sp³-hybridized carbons (Fsp3) is 1.00. The lowest BCUT2D eigenvalue weighted by Crippen LogP contribution is -2.63. The summed E-state index contributed by atoms with van der Waals surface area (Å²) in [5.41, 5.74) is -4.88. The van der Waals surface area contributed by atoms with Gasteiger partial charge in [0.05, 0.1) is 0 Å². The summed E-state index contributed by atoms with van der Waals surface area (Å²) in [5, 5.41) is 8.16. The third-order valence-corrected chi connectivity index (χ3v) is 3.50. The van der Waals surface area contributed by atoms with Crippen molar-refractivity contribution in [3.05, 3.63) is 0 Å². The van der Waals surface area contributed by atoms with E-state index < -0.39 is 48.1 Å². The minimum atomic E-state index is -5.90. The second-order valence-electron chi connectivity index (χ2n) is 4.42. The number of thiol groups is 1. The predicted molar refractivity (Wildman–Crippen MR) is 52.1 cm³/mol. The largest absolute Gasteiger partial charge is 0.426 e. The smallest absolute Gasteiger partial charge is 0.373 e. The van der Waals surface area contributed by atoms with Crippen LogP contribution < -0.4 is 0 Å². The van der Waals surface area contributed by atoms with Crippen LogP contribution in [0.1, 0.15) is 19.3 Å². The first-order valence-corrected chi connectivity index (χ1v) is 5.59. The van der Waals surface area contributed by atoms with Gasteiger partial charge in [0, 0.05) is 11.2 Å². The number of hydrogen-bond donors (Lipinski definition) is 2. The summed E-state index contributed by atoms with van der Waals surface area (Å²) < 4.78 is 88.2. The predicted octanol–water partition coefficient (Wildman–Crippen LogP) is 3.28. The zero-order valence-electron chi connectivity index (χ0n) is 8.89. The van der Waals surface area contributed by atoms with Gasteiger partial charge in [-0.3, -0.25) is 0 Å². The minimum absolute atomic E-state index is 0.217. The van der Waals surface area contributed by atoms with Crippen LogP contribution in [0.25, 0.3) is 0 Å². The molecule has 0 aromatic rings. The van der Waals surface area contributed by atoms with E-state index in [1.165, 1.54) is 0 Å². The van der Waals surface area contributed by atoms with Crippen LogP contribution in [0.3, 0.4) is 0 Å². The Hall–Kier alpha value is -0.180. The molecule has 0 saturated heterocycles. The lowest BCUT2D eigenvalue weighted by molar-refractivity contribution is -0.387. The molecule has 9 heteroatoms. The molecule has 0 aromatic carbocycles. The molecule has 0 aromatic heterocycles. The first-order valence-electron chi connectivity index (χ1n) is 5.07. The minimum Gasteiger partial charge on any atom is -0.373 e. The van der Waals surface area contributed by atoms with E-state index in [4.69, 9.17) is 5.11 Å². The molecule has 0 radical (unpaired) electrons. The van der Waals surface area contributed by atoms with Gasteiger partial charge in [-0.2, -0.15) is 39.0 Å². The van der Waals surface area contributed by atoms with Crippen molar-refractivity contribution in [3.8, 4) is 0 Å². The summed E-state index contributed by atoms with van der Waals surface area (Å²) >= 11 is 3.72. The topological polar surface area (TPSA) is 20.2 Å². The van der Waals surface area contributed by atoms with E-state index in [0.29, 0.717) is 0 Å². The van der Waals surface area contributed by atoms with Crippen LogP contribution in [0.2, 0.25) is 0 Å². The highest BCUT2D eigenvalue weighted by Crippen LogP contribution is 2.52. The van der Waals surface area contributed by atoms with Gasteiger partial charge in [-0.25, -0.2) is 4.39 Å². The van der Waals surface area contributed by atoms with Gasteiger partial charge in [0.25, 0.3) is 5.60 Å². The summed E-state index contributed by atoms with van der Waals surface area (Å²) in [5.74, 6) is -2.27. The third kappa shape index (κ3) is 2.71. The zero-order chi connectivity index (χ0) is 14.4. The molecule has 0 heterocycles. The highest BCUT2D eigenvalue weighted by atomic mass is 32.1. The molecule has 1 nitrogen and oxygen atoms in total. The lowest BCUT2D eigenvalue weighted by atomic mass is 9.75. The molecule has 1 rings (SSSR count). The van der Waals surface area contributed by atoms with Crippen molar-refractivity contribution in [3.63, 3.8) is 0 Å². The number of alkyl halides is 7. The fourth-order valence-electron chi connectivity index (χ4n) is 2.19. The van der Waals surface area contributed by atoms with E-state index in [-0.39, 0.29) is 6.42 Å². The van der Waals surface area contributed by atoms with E-state index in [1.54, 1.807) is 0 Å². The van der Waals surface area contributed by atoms with E-state index in [0.717, 1.165) is 0 Å². The van der Waals surface area contributed by atoms with Crippen molar-refractivity contribution >= 4 is 12.6 Å². The van der Waals surface area contributed by atoms with Crippen LogP contribution in [-0.4, -0.2) is 34.5 Å². The monoisotopic (exact) mass is 300 g/mol. The van der Waals surface area contributed by atoms with Crippen LogP contribution in [0.5, 0.6) is 0 Å². The maximum atomic E-state index is 13.1. The molecule has 108 valence electrons. The standard InChI is InChI=1S/C9H11F7OS/c10-5-1-4(2-6(18)3-5)7(17,8(11,12)13)9(14,15)16/h4-6,17-18H,1-3H2. The van der Waals surface area contributed by atoms with Gasteiger partial charge in [-0.15, -0.1) is 0 Å². The molecule has 1 N–H and O–H groups in total.